The number of halogens is 1. The summed E-state index contributed by atoms with van der Waals surface area (Å²) < 4.78 is 11.2. The molecule has 1 N–H and O–H groups in total. The minimum absolute atomic E-state index is 0.0211. The summed E-state index contributed by atoms with van der Waals surface area (Å²) in [6, 6.07) is 14.5. The summed E-state index contributed by atoms with van der Waals surface area (Å²) in [6.45, 7) is 2.44. The Morgan fingerprint density at radius 2 is 1.80 bits per heavy atom. The van der Waals surface area contributed by atoms with Crippen LogP contribution in [-0.4, -0.2) is 24.3 Å². The number of carboxylic acid groups (broad SMARTS) is 1. The third-order valence-corrected chi connectivity index (χ3v) is 3.74. The molecule has 4 nitrogen and oxygen atoms in total. The van der Waals surface area contributed by atoms with E-state index in [2.05, 4.69) is 11.8 Å². The van der Waals surface area contributed by atoms with Gasteiger partial charge in [-0.1, -0.05) is 41.8 Å². The molecular formula is C20H19ClO4. The molecule has 2 aromatic carbocycles. The summed E-state index contributed by atoms with van der Waals surface area (Å²) in [5.41, 5.74) is 0.858. The Balaban J connectivity index is 1.86. The number of carboxylic acids is 1. The minimum Gasteiger partial charge on any atom is -0.490 e. The number of benzene rings is 2. The fourth-order valence-corrected chi connectivity index (χ4v) is 2.46. The molecule has 0 spiro atoms. The van der Waals surface area contributed by atoms with Crippen LogP contribution in [0, 0.1) is 11.8 Å². The molecule has 0 heterocycles. The lowest BCUT2D eigenvalue weighted by Crippen LogP contribution is -2.09. The van der Waals surface area contributed by atoms with E-state index in [-0.39, 0.29) is 12.3 Å². The molecule has 25 heavy (non-hydrogen) atoms. The lowest BCUT2D eigenvalue weighted by Gasteiger charge is -2.11. The van der Waals surface area contributed by atoms with E-state index in [1.165, 1.54) is 0 Å². The van der Waals surface area contributed by atoms with Gasteiger partial charge >= 0.3 is 5.97 Å². The van der Waals surface area contributed by atoms with E-state index >= 15 is 0 Å². The minimum atomic E-state index is -0.871. The largest absolute Gasteiger partial charge is 0.490 e. The molecule has 2 aromatic rings. The molecule has 0 saturated heterocycles. The van der Waals surface area contributed by atoms with Crippen LogP contribution in [0.1, 0.15) is 24.8 Å². The number of hydrogen-bond donors (Lipinski definition) is 1. The van der Waals surface area contributed by atoms with Crippen LogP contribution < -0.4 is 9.47 Å². The van der Waals surface area contributed by atoms with Gasteiger partial charge in [0.05, 0.1) is 17.4 Å². The smallest absolute Gasteiger partial charge is 0.304 e. The van der Waals surface area contributed by atoms with E-state index < -0.39 is 5.97 Å². The highest BCUT2D eigenvalue weighted by Crippen LogP contribution is 2.24. The Labute approximate surface area is 152 Å². The van der Waals surface area contributed by atoms with Crippen LogP contribution in [-0.2, 0) is 4.79 Å². The molecule has 2 rings (SSSR count). The number of para-hydroxylation sites is 1. The lowest BCUT2D eigenvalue weighted by molar-refractivity contribution is -0.137. The van der Waals surface area contributed by atoms with Crippen LogP contribution in [0.25, 0.3) is 0 Å². The summed E-state index contributed by atoms with van der Waals surface area (Å²) in [7, 11) is 0. The Morgan fingerprint density at radius 3 is 2.44 bits per heavy atom. The average Bonchev–Trinajstić information content (AvgIpc) is 2.60. The first-order valence-electron chi connectivity index (χ1n) is 7.84. The maximum Gasteiger partial charge on any atom is 0.304 e. The van der Waals surface area contributed by atoms with E-state index in [0.29, 0.717) is 29.7 Å². The van der Waals surface area contributed by atoms with Crippen molar-refractivity contribution in [1.29, 1.82) is 0 Å². The fraction of sp³-hybridized carbons (Fsp3) is 0.250. The summed E-state index contributed by atoms with van der Waals surface area (Å²) in [5.74, 6) is 5.82. The summed E-state index contributed by atoms with van der Waals surface area (Å²) in [4.78, 5) is 10.9. The van der Waals surface area contributed by atoms with Gasteiger partial charge in [0.2, 0.25) is 0 Å². The SMILES string of the molecule is CC#CC(CC(=O)O)c1ccc(OCCOc2ccccc2Cl)cc1. The third kappa shape index (κ3) is 6.06. The van der Waals surface area contributed by atoms with Gasteiger partial charge in [-0.25, -0.2) is 0 Å². The van der Waals surface area contributed by atoms with Gasteiger partial charge in [-0.15, -0.1) is 5.92 Å². The van der Waals surface area contributed by atoms with Crippen LogP contribution in [0.2, 0.25) is 5.02 Å². The van der Waals surface area contributed by atoms with Gasteiger partial charge < -0.3 is 14.6 Å². The zero-order valence-electron chi connectivity index (χ0n) is 13.9. The quantitative estimate of drug-likeness (QED) is 0.562. The second-order valence-corrected chi connectivity index (χ2v) is 5.65. The van der Waals surface area contributed by atoms with Gasteiger partial charge in [0, 0.05) is 0 Å². The normalized spacial score (nSPS) is 11.1. The van der Waals surface area contributed by atoms with E-state index in [0.717, 1.165) is 5.56 Å². The summed E-state index contributed by atoms with van der Waals surface area (Å²) >= 11 is 6.01. The summed E-state index contributed by atoms with van der Waals surface area (Å²) in [6.07, 6.45) is -0.0211. The molecule has 0 aliphatic rings. The van der Waals surface area contributed by atoms with Crippen molar-refractivity contribution in [3.05, 3.63) is 59.1 Å². The second-order valence-electron chi connectivity index (χ2n) is 5.24. The number of rotatable bonds is 8. The molecule has 0 radical (unpaired) electrons. The van der Waals surface area contributed by atoms with Crippen molar-refractivity contribution < 1.29 is 19.4 Å². The Bertz CT molecular complexity index is 759. The third-order valence-electron chi connectivity index (χ3n) is 3.43. The van der Waals surface area contributed by atoms with E-state index in [1.807, 2.05) is 24.3 Å². The van der Waals surface area contributed by atoms with Crippen molar-refractivity contribution in [2.75, 3.05) is 13.2 Å². The molecule has 0 saturated carbocycles. The zero-order valence-corrected chi connectivity index (χ0v) is 14.6. The topological polar surface area (TPSA) is 55.8 Å². The van der Waals surface area contributed by atoms with Gasteiger partial charge in [0.1, 0.15) is 24.7 Å². The molecule has 0 bridgehead atoms. The molecule has 0 amide bonds. The maximum atomic E-state index is 10.9. The first kappa shape index (κ1) is 18.7. The van der Waals surface area contributed by atoms with Gasteiger partial charge in [0.15, 0.2) is 0 Å². The number of carbonyl (C=O) groups is 1. The first-order valence-corrected chi connectivity index (χ1v) is 8.22. The molecule has 1 atom stereocenters. The van der Waals surface area contributed by atoms with Crippen molar-refractivity contribution >= 4 is 17.6 Å². The van der Waals surface area contributed by atoms with Crippen molar-refractivity contribution in [3.63, 3.8) is 0 Å². The van der Waals surface area contributed by atoms with Crippen molar-refractivity contribution in [3.8, 4) is 23.3 Å². The Kier molecular flexibility index (Phi) is 7.18. The van der Waals surface area contributed by atoms with Gasteiger partial charge in [0.25, 0.3) is 0 Å². The highest BCUT2D eigenvalue weighted by Gasteiger charge is 2.13. The first-order chi connectivity index (χ1) is 12.1. The van der Waals surface area contributed by atoms with Crippen LogP contribution in [0.3, 0.4) is 0 Å². The fourth-order valence-electron chi connectivity index (χ4n) is 2.27. The number of aliphatic carboxylic acids is 1. The van der Waals surface area contributed by atoms with E-state index in [9.17, 15) is 4.79 Å². The van der Waals surface area contributed by atoms with Crippen LogP contribution in [0.5, 0.6) is 11.5 Å². The molecule has 5 heteroatoms. The van der Waals surface area contributed by atoms with Crippen molar-refractivity contribution in [2.45, 2.75) is 19.3 Å². The van der Waals surface area contributed by atoms with Crippen molar-refractivity contribution in [1.82, 2.24) is 0 Å². The van der Waals surface area contributed by atoms with Crippen LogP contribution in [0.15, 0.2) is 48.5 Å². The predicted octanol–water partition coefficient (Wildman–Crippen LogP) is 4.38. The summed E-state index contributed by atoms with van der Waals surface area (Å²) in [5, 5.41) is 9.53. The van der Waals surface area contributed by atoms with Gasteiger partial charge in [-0.05, 0) is 36.8 Å². The standard InChI is InChI=1S/C20H19ClO4/c1-2-5-16(14-20(22)23)15-8-10-17(11-9-15)24-12-13-25-19-7-4-3-6-18(19)21/h3-4,6-11,16H,12-14H2,1H3,(H,22,23). The monoisotopic (exact) mass is 358 g/mol. The lowest BCUT2D eigenvalue weighted by atomic mass is 9.96. The molecule has 130 valence electrons. The predicted molar refractivity (Wildman–Crippen MR) is 97.3 cm³/mol. The highest BCUT2D eigenvalue weighted by atomic mass is 35.5. The molecule has 0 aromatic heterocycles. The average molecular weight is 359 g/mol. The van der Waals surface area contributed by atoms with Gasteiger partial charge in [-0.3, -0.25) is 4.79 Å². The van der Waals surface area contributed by atoms with E-state index in [1.54, 1.807) is 31.2 Å². The van der Waals surface area contributed by atoms with Crippen LogP contribution in [0.4, 0.5) is 0 Å². The molecular weight excluding hydrogens is 340 g/mol. The Hall–Kier alpha value is -2.64. The van der Waals surface area contributed by atoms with Gasteiger partial charge in [-0.2, -0.15) is 0 Å². The highest BCUT2D eigenvalue weighted by molar-refractivity contribution is 6.32. The number of ether oxygens (including phenoxy) is 2. The molecule has 0 aliphatic carbocycles. The van der Waals surface area contributed by atoms with Crippen LogP contribution >= 0.6 is 11.6 Å². The molecule has 1 unspecified atom stereocenters. The maximum absolute atomic E-state index is 10.9. The number of hydrogen-bond acceptors (Lipinski definition) is 3. The molecule has 0 fully saturated rings. The Morgan fingerprint density at radius 1 is 1.12 bits per heavy atom. The van der Waals surface area contributed by atoms with E-state index in [4.69, 9.17) is 26.2 Å². The molecule has 0 aliphatic heterocycles. The van der Waals surface area contributed by atoms with Crippen molar-refractivity contribution in [2.24, 2.45) is 0 Å². The second kappa shape index (κ2) is 9.61. The zero-order chi connectivity index (χ0) is 18.1.